The minimum Gasteiger partial charge on any atom is -0.393 e. The van der Waals surface area contributed by atoms with Crippen LogP contribution < -0.4 is 0 Å². The first-order valence-electron chi connectivity index (χ1n) is 13.1. The second kappa shape index (κ2) is 8.49. The maximum absolute atomic E-state index is 12.8. The quantitative estimate of drug-likeness (QED) is 0.571. The van der Waals surface area contributed by atoms with Crippen molar-refractivity contribution in [2.75, 3.05) is 12.3 Å². The lowest BCUT2D eigenvalue weighted by molar-refractivity contribution is -0.207. The van der Waals surface area contributed by atoms with Crippen molar-refractivity contribution in [3.8, 4) is 0 Å². The Morgan fingerprint density at radius 3 is 2.58 bits per heavy atom. The molecule has 4 aliphatic carbocycles. The summed E-state index contributed by atoms with van der Waals surface area (Å²) >= 11 is 1.21. The highest BCUT2D eigenvalue weighted by molar-refractivity contribution is 8.13. The van der Waals surface area contributed by atoms with Gasteiger partial charge in [0.05, 0.1) is 18.3 Å². The average molecular weight is 480 g/mol. The Kier molecular flexibility index (Phi) is 6.20. The summed E-state index contributed by atoms with van der Waals surface area (Å²) in [5.41, 5.74) is -0.248. The number of carbonyl (C=O) groups is 2. The van der Waals surface area contributed by atoms with Crippen molar-refractivity contribution in [2.45, 2.75) is 90.4 Å². The number of amides is 2. The van der Waals surface area contributed by atoms with E-state index >= 15 is 0 Å². The Balaban J connectivity index is 1.37. The number of fused-ring (bicyclic) bond motifs is 5. The zero-order chi connectivity index (χ0) is 23.7. The highest BCUT2D eigenvalue weighted by Gasteiger charge is 2.65. The van der Waals surface area contributed by atoms with Crippen LogP contribution in [-0.2, 0) is 4.79 Å². The highest BCUT2D eigenvalue weighted by Crippen LogP contribution is 2.68. The van der Waals surface area contributed by atoms with Gasteiger partial charge in [0.15, 0.2) is 0 Å². The molecule has 186 valence electrons. The highest BCUT2D eigenvalue weighted by atomic mass is 32.2. The van der Waals surface area contributed by atoms with Gasteiger partial charge in [-0.1, -0.05) is 32.5 Å². The monoisotopic (exact) mass is 479 g/mol. The summed E-state index contributed by atoms with van der Waals surface area (Å²) in [6.07, 6.45) is 5.21. The fourth-order valence-electron chi connectivity index (χ4n) is 9.28. The molecule has 33 heavy (non-hydrogen) atoms. The van der Waals surface area contributed by atoms with Crippen molar-refractivity contribution in [1.29, 1.82) is 0 Å². The first kappa shape index (κ1) is 24.1. The first-order chi connectivity index (χ1) is 15.6. The van der Waals surface area contributed by atoms with Crippen LogP contribution in [0.25, 0.3) is 0 Å². The zero-order valence-corrected chi connectivity index (χ0v) is 21.1. The standard InChI is InChI=1S/C26H41NO5S/c1-14(10-22(31)27-8-9-33-24(27)32)17-4-5-18-23-19(13-21(30)26(17,18)3)25(2)7-6-16(28)11-15(25)12-20(23)29/h14-21,23,28-30H,4-13H2,1-3H3. The Morgan fingerprint density at radius 2 is 1.88 bits per heavy atom. The predicted molar refractivity (Wildman–Crippen MR) is 127 cm³/mol. The molecular weight excluding hydrogens is 438 g/mol. The molecule has 11 unspecified atom stereocenters. The van der Waals surface area contributed by atoms with Crippen molar-refractivity contribution in [1.82, 2.24) is 4.90 Å². The molecule has 1 heterocycles. The molecule has 0 spiro atoms. The topological polar surface area (TPSA) is 98.1 Å². The summed E-state index contributed by atoms with van der Waals surface area (Å²) in [5, 5.41) is 33.2. The smallest absolute Gasteiger partial charge is 0.288 e. The number of carbonyl (C=O) groups excluding carboxylic acids is 2. The summed E-state index contributed by atoms with van der Waals surface area (Å²) in [7, 11) is 0. The molecule has 0 radical (unpaired) electrons. The fraction of sp³-hybridized carbons (Fsp3) is 0.923. The van der Waals surface area contributed by atoms with Gasteiger partial charge in [0.25, 0.3) is 5.24 Å². The molecule has 7 heteroatoms. The summed E-state index contributed by atoms with van der Waals surface area (Å²) in [6, 6.07) is 0. The van der Waals surface area contributed by atoms with Gasteiger partial charge < -0.3 is 15.3 Å². The molecule has 3 N–H and O–H groups in total. The van der Waals surface area contributed by atoms with Gasteiger partial charge in [-0.2, -0.15) is 0 Å². The molecule has 2 amide bonds. The minimum absolute atomic E-state index is 0.0683. The van der Waals surface area contributed by atoms with Crippen molar-refractivity contribution in [3.05, 3.63) is 0 Å². The molecule has 0 bridgehead atoms. The number of aliphatic hydroxyl groups is 3. The molecule has 0 aromatic heterocycles. The number of thioether (sulfide) groups is 1. The van der Waals surface area contributed by atoms with Crippen LogP contribution in [0.4, 0.5) is 4.79 Å². The van der Waals surface area contributed by atoms with E-state index in [9.17, 15) is 24.9 Å². The van der Waals surface area contributed by atoms with Crippen LogP contribution >= 0.6 is 11.8 Å². The third-order valence-corrected chi connectivity index (χ3v) is 11.9. The van der Waals surface area contributed by atoms with E-state index in [-0.39, 0.29) is 63.8 Å². The van der Waals surface area contributed by atoms with Crippen LogP contribution in [0.15, 0.2) is 0 Å². The molecule has 5 rings (SSSR count). The van der Waals surface area contributed by atoms with E-state index in [1.165, 1.54) is 16.7 Å². The van der Waals surface area contributed by atoms with Gasteiger partial charge in [0.2, 0.25) is 5.91 Å². The second-order valence-electron chi connectivity index (χ2n) is 12.4. The maximum atomic E-state index is 12.8. The van der Waals surface area contributed by atoms with Crippen LogP contribution in [0.3, 0.4) is 0 Å². The van der Waals surface area contributed by atoms with E-state index in [4.69, 9.17) is 0 Å². The minimum atomic E-state index is -0.451. The number of imide groups is 1. The number of hydrogen-bond donors (Lipinski definition) is 3. The molecule has 5 fully saturated rings. The summed E-state index contributed by atoms with van der Waals surface area (Å²) in [6.45, 7) is 7.17. The number of hydrogen-bond acceptors (Lipinski definition) is 6. The summed E-state index contributed by atoms with van der Waals surface area (Å²) < 4.78 is 0. The van der Waals surface area contributed by atoms with E-state index in [2.05, 4.69) is 20.8 Å². The van der Waals surface area contributed by atoms with Gasteiger partial charge in [0.1, 0.15) is 0 Å². The Morgan fingerprint density at radius 1 is 1.12 bits per heavy atom. The number of aliphatic hydroxyl groups excluding tert-OH is 3. The molecular formula is C26H41NO5S. The molecule has 1 aliphatic heterocycles. The average Bonchev–Trinajstić information content (AvgIpc) is 3.34. The SMILES string of the molecule is CC(CC(=O)N1CCSC1=O)C1CCC2C3C(O)CC4CC(O)CCC4(C)C3CC(O)C12C. The first-order valence-corrected chi connectivity index (χ1v) is 14.1. The Hall–Kier alpha value is -0.630. The molecule has 4 saturated carbocycles. The van der Waals surface area contributed by atoms with Crippen molar-refractivity contribution < 1.29 is 24.9 Å². The van der Waals surface area contributed by atoms with E-state index in [1.54, 1.807) is 0 Å². The molecule has 1 saturated heterocycles. The fourth-order valence-corrected chi connectivity index (χ4v) is 10.1. The maximum Gasteiger partial charge on any atom is 0.288 e. The third kappa shape index (κ3) is 3.63. The zero-order valence-electron chi connectivity index (χ0n) is 20.3. The van der Waals surface area contributed by atoms with Crippen LogP contribution in [0.1, 0.15) is 72.1 Å². The number of rotatable bonds is 3. The predicted octanol–water partition coefficient (Wildman–Crippen LogP) is 3.67. The van der Waals surface area contributed by atoms with Crippen molar-refractivity contribution in [3.63, 3.8) is 0 Å². The lowest BCUT2D eigenvalue weighted by Crippen LogP contribution is -2.62. The summed E-state index contributed by atoms with van der Waals surface area (Å²) in [4.78, 5) is 26.2. The van der Waals surface area contributed by atoms with Gasteiger partial charge in [-0.25, -0.2) is 0 Å². The van der Waals surface area contributed by atoms with Gasteiger partial charge >= 0.3 is 0 Å². The third-order valence-electron chi connectivity index (χ3n) is 11.1. The molecule has 6 nitrogen and oxygen atoms in total. The largest absolute Gasteiger partial charge is 0.393 e. The summed E-state index contributed by atoms with van der Waals surface area (Å²) in [5.74, 6) is 1.92. The van der Waals surface area contributed by atoms with Crippen LogP contribution in [0.5, 0.6) is 0 Å². The Labute approximate surface area is 201 Å². The van der Waals surface area contributed by atoms with E-state index in [0.717, 1.165) is 38.5 Å². The van der Waals surface area contributed by atoms with Crippen molar-refractivity contribution >= 4 is 22.9 Å². The van der Waals surface area contributed by atoms with E-state index in [1.807, 2.05) is 0 Å². The van der Waals surface area contributed by atoms with E-state index < -0.39 is 6.10 Å². The van der Waals surface area contributed by atoms with E-state index in [0.29, 0.717) is 31.1 Å². The molecule has 0 aromatic rings. The lowest BCUT2D eigenvalue weighted by Gasteiger charge is -2.63. The normalized spacial score (nSPS) is 50.5. The lowest BCUT2D eigenvalue weighted by atomic mass is 9.43. The van der Waals surface area contributed by atoms with Crippen LogP contribution in [0, 0.1) is 46.3 Å². The van der Waals surface area contributed by atoms with Crippen molar-refractivity contribution in [2.24, 2.45) is 46.3 Å². The van der Waals surface area contributed by atoms with Gasteiger partial charge in [-0.05, 0) is 91.3 Å². The van der Waals surface area contributed by atoms with Gasteiger partial charge in [-0.3, -0.25) is 14.5 Å². The van der Waals surface area contributed by atoms with Gasteiger partial charge in [-0.15, -0.1) is 0 Å². The molecule has 0 aromatic carbocycles. The van der Waals surface area contributed by atoms with Crippen LogP contribution in [0.2, 0.25) is 0 Å². The number of nitrogens with zero attached hydrogens (tertiary/aromatic N) is 1. The molecule has 11 atom stereocenters. The van der Waals surface area contributed by atoms with Crippen LogP contribution in [-0.4, -0.2) is 62.0 Å². The molecule has 5 aliphatic rings. The Bertz CT molecular complexity index is 808. The second-order valence-corrected chi connectivity index (χ2v) is 13.4. The van der Waals surface area contributed by atoms with Gasteiger partial charge in [0, 0.05) is 18.7 Å².